The SMILES string of the molecule is Cc1nnc2n1-c1c(cc(F)c(-c3cc(F)cc4c3ccn4C3CC3)c1F)NC2(C)C. The van der Waals surface area contributed by atoms with Crippen LogP contribution >= 0.6 is 0 Å². The average molecular weight is 423 g/mol. The zero-order valence-electron chi connectivity index (χ0n) is 17.3. The van der Waals surface area contributed by atoms with E-state index < -0.39 is 23.0 Å². The minimum atomic E-state index is -0.770. The second kappa shape index (κ2) is 5.90. The van der Waals surface area contributed by atoms with Crippen LogP contribution in [0.1, 0.15) is 44.4 Å². The molecule has 0 amide bonds. The van der Waals surface area contributed by atoms with Gasteiger partial charge in [0.25, 0.3) is 0 Å². The Hall–Kier alpha value is -3.29. The van der Waals surface area contributed by atoms with Crippen LogP contribution in [0.15, 0.2) is 30.5 Å². The van der Waals surface area contributed by atoms with E-state index >= 15 is 8.78 Å². The minimum Gasteiger partial charge on any atom is -0.371 e. The highest BCUT2D eigenvalue weighted by atomic mass is 19.1. The first-order valence-electron chi connectivity index (χ1n) is 10.3. The van der Waals surface area contributed by atoms with Crippen LogP contribution in [0.5, 0.6) is 0 Å². The third-order valence-electron chi connectivity index (χ3n) is 6.26. The van der Waals surface area contributed by atoms with Gasteiger partial charge in [-0.1, -0.05) is 0 Å². The van der Waals surface area contributed by atoms with Gasteiger partial charge < -0.3 is 9.88 Å². The van der Waals surface area contributed by atoms with Gasteiger partial charge in [-0.2, -0.15) is 0 Å². The average Bonchev–Trinajstić information content (AvgIpc) is 3.32. The van der Waals surface area contributed by atoms with Crippen LogP contribution in [0, 0.1) is 24.4 Å². The van der Waals surface area contributed by atoms with Crippen molar-refractivity contribution in [2.24, 2.45) is 0 Å². The Morgan fingerprint density at radius 2 is 1.87 bits per heavy atom. The van der Waals surface area contributed by atoms with Crippen molar-refractivity contribution >= 4 is 16.6 Å². The van der Waals surface area contributed by atoms with Crippen molar-refractivity contribution in [3.05, 3.63) is 59.6 Å². The van der Waals surface area contributed by atoms with Gasteiger partial charge in [0.2, 0.25) is 0 Å². The van der Waals surface area contributed by atoms with Crippen molar-refractivity contribution in [2.75, 3.05) is 5.32 Å². The molecule has 3 heterocycles. The summed E-state index contributed by atoms with van der Waals surface area (Å²) < 4.78 is 49.6. The van der Waals surface area contributed by atoms with Crippen molar-refractivity contribution in [2.45, 2.75) is 45.2 Å². The highest BCUT2D eigenvalue weighted by Gasteiger charge is 2.37. The number of hydrogen-bond donors (Lipinski definition) is 1. The predicted octanol–water partition coefficient (Wildman–Crippen LogP) is 5.61. The fraction of sp³-hybridized carbons (Fsp3) is 0.304. The normalized spacial score (nSPS) is 16.8. The van der Waals surface area contributed by atoms with Crippen LogP contribution in [0.2, 0.25) is 0 Å². The molecule has 2 aliphatic rings. The molecule has 31 heavy (non-hydrogen) atoms. The Kier molecular flexibility index (Phi) is 3.52. The highest BCUT2D eigenvalue weighted by molar-refractivity contribution is 5.97. The van der Waals surface area contributed by atoms with Crippen molar-refractivity contribution in [3.8, 4) is 16.8 Å². The summed E-state index contributed by atoms with van der Waals surface area (Å²) in [5, 5.41) is 12.1. The van der Waals surface area contributed by atoms with Crippen LogP contribution in [0.25, 0.3) is 27.7 Å². The molecule has 0 unspecified atom stereocenters. The first-order valence-corrected chi connectivity index (χ1v) is 10.3. The summed E-state index contributed by atoms with van der Waals surface area (Å²) in [6.45, 7) is 5.47. The van der Waals surface area contributed by atoms with Gasteiger partial charge in [-0.05, 0) is 57.4 Å². The summed E-state index contributed by atoms with van der Waals surface area (Å²) in [7, 11) is 0. The fourth-order valence-corrected chi connectivity index (χ4v) is 4.70. The molecule has 1 saturated carbocycles. The summed E-state index contributed by atoms with van der Waals surface area (Å²) in [5.41, 5.74) is 0.383. The van der Waals surface area contributed by atoms with Crippen molar-refractivity contribution in [3.63, 3.8) is 0 Å². The molecular weight excluding hydrogens is 403 g/mol. The van der Waals surface area contributed by atoms with E-state index in [-0.39, 0.29) is 16.8 Å². The fourth-order valence-electron chi connectivity index (χ4n) is 4.70. The molecule has 158 valence electrons. The van der Waals surface area contributed by atoms with E-state index in [0.717, 1.165) is 12.8 Å². The maximum absolute atomic E-state index is 16.0. The second-order valence-electron chi connectivity index (χ2n) is 8.94. The number of benzene rings is 2. The summed E-state index contributed by atoms with van der Waals surface area (Å²) >= 11 is 0. The van der Waals surface area contributed by atoms with E-state index in [2.05, 4.69) is 15.5 Å². The quantitative estimate of drug-likeness (QED) is 0.456. The summed E-state index contributed by atoms with van der Waals surface area (Å²) in [4.78, 5) is 0. The van der Waals surface area contributed by atoms with Gasteiger partial charge in [-0.15, -0.1) is 10.2 Å². The summed E-state index contributed by atoms with van der Waals surface area (Å²) in [6.07, 6.45) is 3.91. The number of nitrogens with one attached hydrogen (secondary N) is 1. The molecule has 1 N–H and O–H groups in total. The lowest BCUT2D eigenvalue weighted by molar-refractivity contribution is 0.517. The lowest BCUT2D eigenvalue weighted by Gasteiger charge is -2.34. The molecule has 1 fully saturated rings. The van der Waals surface area contributed by atoms with Gasteiger partial charge in [0, 0.05) is 23.7 Å². The zero-order chi connectivity index (χ0) is 21.7. The van der Waals surface area contributed by atoms with Crippen LogP contribution in [-0.4, -0.2) is 19.3 Å². The maximum atomic E-state index is 16.0. The molecule has 5 nitrogen and oxygen atoms in total. The van der Waals surface area contributed by atoms with Crippen molar-refractivity contribution in [1.29, 1.82) is 0 Å². The van der Waals surface area contributed by atoms with E-state index in [4.69, 9.17) is 0 Å². The number of aryl methyl sites for hydroxylation is 1. The van der Waals surface area contributed by atoms with E-state index in [1.165, 1.54) is 18.2 Å². The Morgan fingerprint density at radius 1 is 1.10 bits per heavy atom. The minimum absolute atomic E-state index is 0.146. The van der Waals surface area contributed by atoms with Gasteiger partial charge >= 0.3 is 0 Å². The third-order valence-corrected chi connectivity index (χ3v) is 6.26. The summed E-state index contributed by atoms with van der Waals surface area (Å²) in [6, 6.07) is 6.02. The molecular formula is C23H20F3N5. The molecule has 0 atom stereocenters. The van der Waals surface area contributed by atoms with Gasteiger partial charge in [-0.3, -0.25) is 4.57 Å². The largest absolute Gasteiger partial charge is 0.371 e. The topological polar surface area (TPSA) is 47.7 Å². The molecule has 1 aliphatic carbocycles. The molecule has 2 aromatic carbocycles. The molecule has 0 radical (unpaired) electrons. The number of nitrogens with zero attached hydrogens (tertiary/aromatic N) is 4. The van der Waals surface area contributed by atoms with Crippen molar-refractivity contribution < 1.29 is 13.2 Å². The van der Waals surface area contributed by atoms with Crippen LogP contribution < -0.4 is 5.32 Å². The Bertz CT molecular complexity index is 1390. The summed E-state index contributed by atoms with van der Waals surface area (Å²) in [5.74, 6) is -1.03. The molecule has 2 aromatic heterocycles. The van der Waals surface area contributed by atoms with Crippen LogP contribution in [0.3, 0.4) is 0 Å². The number of fused-ring (bicyclic) bond motifs is 4. The molecule has 6 rings (SSSR count). The number of hydrogen-bond acceptors (Lipinski definition) is 3. The van der Waals surface area contributed by atoms with Crippen molar-refractivity contribution in [1.82, 2.24) is 19.3 Å². The van der Waals surface area contributed by atoms with Gasteiger partial charge in [-0.25, -0.2) is 13.2 Å². The molecule has 1 aliphatic heterocycles. The number of halogens is 3. The highest BCUT2D eigenvalue weighted by Crippen LogP contribution is 2.45. The van der Waals surface area contributed by atoms with E-state index in [0.29, 0.717) is 34.3 Å². The first-order chi connectivity index (χ1) is 14.8. The molecule has 0 spiro atoms. The predicted molar refractivity (Wildman–Crippen MR) is 112 cm³/mol. The lowest BCUT2D eigenvalue weighted by atomic mass is 9.95. The molecule has 4 aromatic rings. The molecule has 0 bridgehead atoms. The number of aromatic nitrogens is 4. The van der Waals surface area contributed by atoms with Gasteiger partial charge in [0.15, 0.2) is 11.6 Å². The van der Waals surface area contributed by atoms with E-state index in [1.807, 2.05) is 24.6 Å². The molecule has 0 saturated heterocycles. The lowest BCUT2D eigenvalue weighted by Crippen LogP contribution is -2.36. The smallest absolute Gasteiger partial charge is 0.162 e. The standard InChI is InChI=1S/C23H20F3N5/c1-11-28-29-22-23(2,3)27-17-10-16(25)19(20(26)21(17)31(11)22)15-8-12(24)9-18-14(15)6-7-30(18)13-4-5-13/h6-10,13,27H,4-5H2,1-3H3. The third kappa shape index (κ3) is 2.50. The Morgan fingerprint density at radius 3 is 2.61 bits per heavy atom. The monoisotopic (exact) mass is 423 g/mol. The van der Waals surface area contributed by atoms with E-state index in [1.54, 1.807) is 17.6 Å². The molecule has 8 heteroatoms. The second-order valence-corrected chi connectivity index (χ2v) is 8.94. The maximum Gasteiger partial charge on any atom is 0.162 e. The van der Waals surface area contributed by atoms with Crippen LogP contribution in [0.4, 0.5) is 18.9 Å². The zero-order valence-corrected chi connectivity index (χ0v) is 17.3. The Balaban J connectivity index is 1.66. The van der Waals surface area contributed by atoms with Crippen LogP contribution in [-0.2, 0) is 5.54 Å². The van der Waals surface area contributed by atoms with Gasteiger partial charge in [0.1, 0.15) is 23.1 Å². The van der Waals surface area contributed by atoms with Gasteiger partial charge in [0.05, 0.1) is 22.3 Å². The Labute approximate surface area is 176 Å². The first kappa shape index (κ1) is 18.5. The number of rotatable bonds is 2. The van der Waals surface area contributed by atoms with E-state index in [9.17, 15) is 4.39 Å². The number of anilines is 1.